The van der Waals surface area contributed by atoms with E-state index < -0.39 is 0 Å². The number of hydrogen-bond acceptors (Lipinski definition) is 1. The van der Waals surface area contributed by atoms with Crippen LogP contribution in [0.4, 0.5) is 0 Å². The molecule has 1 aliphatic rings. The molecule has 0 amide bonds. The van der Waals surface area contributed by atoms with E-state index in [2.05, 4.69) is 39.0 Å². The Morgan fingerprint density at radius 3 is 2.86 bits per heavy atom. The molecule has 0 aromatic heterocycles. The zero-order chi connectivity index (χ0) is 9.97. The maximum Gasteiger partial charge on any atom is 0.0475 e. The van der Waals surface area contributed by atoms with Crippen LogP contribution in [0, 0.1) is 0 Å². The fourth-order valence-corrected chi connectivity index (χ4v) is 2.50. The highest BCUT2D eigenvalue weighted by molar-refractivity contribution is 9.10. The van der Waals surface area contributed by atoms with Crippen LogP contribution >= 0.6 is 27.5 Å². The lowest BCUT2D eigenvalue weighted by Gasteiger charge is -2.15. The Morgan fingerprint density at radius 1 is 1.43 bits per heavy atom. The van der Waals surface area contributed by atoms with Gasteiger partial charge in [-0.15, -0.1) is 11.6 Å². The molecule has 1 nitrogen and oxygen atoms in total. The highest BCUT2D eigenvalue weighted by atomic mass is 79.9. The van der Waals surface area contributed by atoms with Gasteiger partial charge in [0.25, 0.3) is 0 Å². The Labute approximate surface area is 98.2 Å². The van der Waals surface area contributed by atoms with Crippen molar-refractivity contribution in [3.8, 4) is 0 Å². The third-order valence-electron chi connectivity index (χ3n) is 2.57. The minimum absolute atomic E-state index is 0.345. The molecule has 1 aromatic carbocycles. The zero-order valence-electron chi connectivity index (χ0n) is 7.92. The second-order valence-electron chi connectivity index (χ2n) is 3.71. The van der Waals surface area contributed by atoms with Gasteiger partial charge in [0.2, 0.25) is 0 Å². The van der Waals surface area contributed by atoms with Crippen LogP contribution < -0.4 is 0 Å². The lowest BCUT2D eigenvalue weighted by Crippen LogP contribution is -2.20. The van der Waals surface area contributed by atoms with Gasteiger partial charge in [-0.25, -0.2) is 0 Å². The fraction of sp³-hybridized carbons (Fsp3) is 0.455. The molecule has 0 radical (unpaired) electrons. The molecule has 0 bridgehead atoms. The molecule has 1 saturated heterocycles. The van der Waals surface area contributed by atoms with E-state index in [4.69, 9.17) is 11.6 Å². The summed E-state index contributed by atoms with van der Waals surface area (Å²) < 4.78 is 1.19. The second kappa shape index (κ2) is 4.65. The van der Waals surface area contributed by atoms with Gasteiger partial charge in [-0.1, -0.05) is 34.1 Å². The van der Waals surface area contributed by atoms with Crippen molar-refractivity contribution in [1.82, 2.24) is 4.90 Å². The predicted molar refractivity (Wildman–Crippen MR) is 63.7 cm³/mol. The third-order valence-corrected chi connectivity index (χ3v) is 3.70. The van der Waals surface area contributed by atoms with Gasteiger partial charge >= 0.3 is 0 Å². The van der Waals surface area contributed by atoms with Crippen LogP contribution in [0.25, 0.3) is 0 Å². The number of benzene rings is 1. The Morgan fingerprint density at radius 2 is 2.21 bits per heavy atom. The molecule has 3 heteroatoms. The molecule has 1 unspecified atom stereocenters. The smallest absolute Gasteiger partial charge is 0.0475 e. The summed E-state index contributed by atoms with van der Waals surface area (Å²) in [5, 5.41) is 0.345. The lowest BCUT2D eigenvalue weighted by molar-refractivity contribution is 0.331. The van der Waals surface area contributed by atoms with Gasteiger partial charge in [0, 0.05) is 22.9 Å². The molecule has 1 heterocycles. The summed E-state index contributed by atoms with van der Waals surface area (Å²) >= 11 is 9.62. The van der Waals surface area contributed by atoms with Crippen LogP contribution in [0.5, 0.6) is 0 Å². The molecule has 0 spiro atoms. The van der Waals surface area contributed by atoms with Crippen LogP contribution in [0.15, 0.2) is 28.7 Å². The number of nitrogens with zero attached hydrogens (tertiary/aromatic N) is 1. The molecular formula is C11H13BrClN. The van der Waals surface area contributed by atoms with E-state index >= 15 is 0 Å². The van der Waals surface area contributed by atoms with Crippen molar-refractivity contribution in [1.29, 1.82) is 0 Å². The van der Waals surface area contributed by atoms with Crippen molar-refractivity contribution in [2.45, 2.75) is 18.3 Å². The number of hydrogen-bond donors (Lipinski definition) is 0. The summed E-state index contributed by atoms with van der Waals surface area (Å²) in [6, 6.07) is 8.37. The SMILES string of the molecule is ClC1CCN(Cc2ccccc2Br)C1. The Bertz CT molecular complexity index is 316. The van der Waals surface area contributed by atoms with Crippen molar-refractivity contribution >= 4 is 27.5 Å². The summed E-state index contributed by atoms with van der Waals surface area (Å²) in [7, 11) is 0. The molecular weight excluding hydrogens is 261 g/mol. The summed E-state index contributed by atoms with van der Waals surface area (Å²) in [6.45, 7) is 3.14. The normalized spacial score (nSPS) is 22.9. The first-order valence-corrected chi connectivity index (χ1v) is 6.08. The van der Waals surface area contributed by atoms with Crippen LogP contribution in [-0.4, -0.2) is 23.4 Å². The summed E-state index contributed by atoms with van der Waals surface area (Å²) in [5.41, 5.74) is 1.35. The molecule has 0 saturated carbocycles. The van der Waals surface area contributed by atoms with Crippen molar-refractivity contribution in [2.24, 2.45) is 0 Å². The van der Waals surface area contributed by atoms with Crippen molar-refractivity contribution in [3.63, 3.8) is 0 Å². The number of alkyl halides is 1. The van der Waals surface area contributed by atoms with Gasteiger partial charge in [-0.05, 0) is 24.6 Å². The van der Waals surface area contributed by atoms with E-state index in [1.54, 1.807) is 0 Å². The minimum Gasteiger partial charge on any atom is -0.298 e. The third kappa shape index (κ3) is 2.50. The zero-order valence-corrected chi connectivity index (χ0v) is 10.3. The van der Waals surface area contributed by atoms with E-state index in [1.165, 1.54) is 10.0 Å². The summed E-state index contributed by atoms with van der Waals surface area (Å²) in [6.07, 6.45) is 1.12. The molecule has 2 rings (SSSR count). The molecule has 0 N–H and O–H groups in total. The average molecular weight is 275 g/mol. The monoisotopic (exact) mass is 273 g/mol. The molecule has 76 valence electrons. The van der Waals surface area contributed by atoms with E-state index in [-0.39, 0.29) is 0 Å². The number of rotatable bonds is 2. The van der Waals surface area contributed by atoms with E-state index in [9.17, 15) is 0 Å². The van der Waals surface area contributed by atoms with Crippen LogP contribution in [0.1, 0.15) is 12.0 Å². The van der Waals surface area contributed by atoms with E-state index in [0.29, 0.717) is 5.38 Å². The maximum atomic E-state index is 6.06. The molecule has 1 aromatic rings. The quantitative estimate of drug-likeness (QED) is 0.748. The highest BCUT2D eigenvalue weighted by Crippen LogP contribution is 2.21. The van der Waals surface area contributed by atoms with Gasteiger partial charge in [0.15, 0.2) is 0 Å². The molecule has 0 aliphatic carbocycles. The molecule has 1 fully saturated rings. The molecule has 1 aliphatic heterocycles. The standard InChI is InChI=1S/C11H13BrClN/c12-11-4-2-1-3-9(11)7-14-6-5-10(13)8-14/h1-4,10H,5-8H2. The fourth-order valence-electron chi connectivity index (χ4n) is 1.80. The highest BCUT2D eigenvalue weighted by Gasteiger charge is 2.20. The number of halogens is 2. The van der Waals surface area contributed by atoms with Crippen LogP contribution in [0.3, 0.4) is 0 Å². The van der Waals surface area contributed by atoms with Gasteiger partial charge in [-0.2, -0.15) is 0 Å². The lowest BCUT2D eigenvalue weighted by atomic mass is 10.2. The van der Waals surface area contributed by atoms with Crippen LogP contribution in [0.2, 0.25) is 0 Å². The summed E-state index contributed by atoms with van der Waals surface area (Å²) in [5.74, 6) is 0. The average Bonchev–Trinajstić information content (AvgIpc) is 2.56. The van der Waals surface area contributed by atoms with Crippen molar-refractivity contribution in [3.05, 3.63) is 34.3 Å². The minimum atomic E-state index is 0.345. The van der Waals surface area contributed by atoms with Crippen molar-refractivity contribution in [2.75, 3.05) is 13.1 Å². The largest absolute Gasteiger partial charge is 0.298 e. The van der Waals surface area contributed by atoms with Gasteiger partial charge < -0.3 is 0 Å². The van der Waals surface area contributed by atoms with Gasteiger partial charge in [-0.3, -0.25) is 4.90 Å². The number of likely N-dealkylation sites (tertiary alicyclic amines) is 1. The molecule has 14 heavy (non-hydrogen) atoms. The topological polar surface area (TPSA) is 3.24 Å². The van der Waals surface area contributed by atoms with Crippen molar-refractivity contribution < 1.29 is 0 Å². The first-order chi connectivity index (χ1) is 6.75. The Kier molecular flexibility index (Phi) is 3.47. The first-order valence-electron chi connectivity index (χ1n) is 4.85. The Balaban J connectivity index is 2.01. The summed E-state index contributed by atoms with van der Waals surface area (Å²) in [4.78, 5) is 2.40. The van der Waals surface area contributed by atoms with E-state index in [0.717, 1.165) is 26.1 Å². The Hall–Kier alpha value is -0.0500. The van der Waals surface area contributed by atoms with E-state index in [1.807, 2.05) is 6.07 Å². The van der Waals surface area contributed by atoms with Gasteiger partial charge in [0.05, 0.1) is 0 Å². The van der Waals surface area contributed by atoms with Crippen LogP contribution in [-0.2, 0) is 6.54 Å². The maximum absolute atomic E-state index is 6.06. The predicted octanol–water partition coefficient (Wildman–Crippen LogP) is 3.26. The molecule has 1 atom stereocenters. The second-order valence-corrected chi connectivity index (χ2v) is 5.18. The first kappa shape index (κ1) is 10.5. The van der Waals surface area contributed by atoms with Gasteiger partial charge in [0.1, 0.15) is 0 Å².